The topological polar surface area (TPSA) is 77.1 Å². The highest BCUT2D eigenvalue weighted by Crippen LogP contribution is 2.40. The molecule has 0 atom stereocenters. The first-order valence-electron chi connectivity index (χ1n) is 9.00. The Balaban J connectivity index is 1.71. The van der Waals surface area contributed by atoms with Crippen LogP contribution in [0.25, 0.3) is 0 Å². The van der Waals surface area contributed by atoms with Gasteiger partial charge in [-0.05, 0) is 30.3 Å². The SMILES string of the molecule is COc1cc(C(=O)N(C)CC(=O)Nc2ccc(Cl)c(C(F)(F)F)c2)cc2c1OCCO2. The lowest BCUT2D eigenvalue weighted by Crippen LogP contribution is -2.35. The summed E-state index contributed by atoms with van der Waals surface area (Å²) in [5, 5.41) is 1.85. The summed E-state index contributed by atoms with van der Waals surface area (Å²) in [6, 6.07) is 5.94. The summed E-state index contributed by atoms with van der Waals surface area (Å²) >= 11 is 5.57. The number of ether oxygens (including phenoxy) is 3. The number of halogens is 4. The van der Waals surface area contributed by atoms with Crippen molar-refractivity contribution in [3.05, 3.63) is 46.5 Å². The van der Waals surface area contributed by atoms with E-state index in [-0.39, 0.29) is 11.3 Å². The van der Waals surface area contributed by atoms with E-state index in [4.69, 9.17) is 25.8 Å². The lowest BCUT2D eigenvalue weighted by molar-refractivity contribution is -0.137. The minimum Gasteiger partial charge on any atom is -0.493 e. The molecule has 1 aliphatic rings. The molecule has 0 unspecified atom stereocenters. The van der Waals surface area contributed by atoms with Crippen molar-refractivity contribution >= 4 is 29.1 Å². The standard InChI is InChI=1S/C20H18ClF3N2O5/c1-26(10-17(27)25-12-3-4-14(21)13(9-12)20(22,23)24)19(28)11-7-15(29-2)18-16(8-11)30-5-6-31-18/h3-4,7-9H,5-6,10H2,1-2H3,(H,25,27). The van der Waals surface area contributed by atoms with Crippen LogP contribution in [0.1, 0.15) is 15.9 Å². The second-order valence-corrected chi connectivity index (χ2v) is 7.01. The molecule has 0 bridgehead atoms. The Morgan fingerprint density at radius 1 is 1.19 bits per heavy atom. The van der Waals surface area contributed by atoms with Crippen molar-refractivity contribution < 1.29 is 37.0 Å². The molecule has 2 aromatic carbocycles. The van der Waals surface area contributed by atoms with E-state index in [1.807, 2.05) is 0 Å². The number of rotatable bonds is 5. The van der Waals surface area contributed by atoms with Crippen LogP contribution >= 0.6 is 11.6 Å². The van der Waals surface area contributed by atoms with Gasteiger partial charge in [-0.1, -0.05) is 11.6 Å². The highest BCUT2D eigenvalue weighted by molar-refractivity contribution is 6.31. The van der Waals surface area contributed by atoms with Crippen LogP contribution in [-0.2, 0) is 11.0 Å². The van der Waals surface area contributed by atoms with Crippen molar-refractivity contribution in [2.24, 2.45) is 0 Å². The number of amides is 2. The second-order valence-electron chi connectivity index (χ2n) is 6.60. The third kappa shape index (κ3) is 5.13. The quantitative estimate of drug-likeness (QED) is 0.736. The molecule has 0 spiro atoms. The molecule has 31 heavy (non-hydrogen) atoms. The van der Waals surface area contributed by atoms with Crippen LogP contribution in [-0.4, -0.2) is 50.6 Å². The molecule has 0 radical (unpaired) electrons. The third-order valence-electron chi connectivity index (χ3n) is 4.36. The van der Waals surface area contributed by atoms with Crippen LogP contribution in [0.3, 0.4) is 0 Å². The van der Waals surface area contributed by atoms with Gasteiger partial charge in [-0.3, -0.25) is 9.59 Å². The number of nitrogens with zero attached hydrogens (tertiary/aromatic N) is 1. The fourth-order valence-electron chi connectivity index (χ4n) is 2.92. The summed E-state index contributed by atoms with van der Waals surface area (Å²) in [5.74, 6) is -0.172. The van der Waals surface area contributed by atoms with Gasteiger partial charge in [-0.15, -0.1) is 0 Å². The Morgan fingerprint density at radius 2 is 1.90 bits per heavy atom. The Morgan fingerprint density at radius 3 is 2.58 bits per heavy atom. The number of hydrogen-bond donors (Lipinski definition) is 1. The van der Waals surface area contributed by atoms with E-state index < -0.39 is 35.1 Å². The molecule has 0 aromatic heterocycles. The van der Waals surface area contributed by atoms with E-state index in [2.05, 4.69) is 5.32 Å². The van der Waals surface area contributed by atoms with Crippen LogP contribution in [0, 0.1) is 0 Å². The number of carbonyl (C=O) groups excluding carboxylic acids is 2. The molecule has 3 rings (SSSR count). The smallest absolute Gasteiger partial charge is 0.417 e. The van der Waals surface area contributed by atoms with Crippen LogP contribution < -0.4 is 19.5 Å². The summed E-state index contributed by atoms with van der Waals surface area (Å²) in [6.45, 7) is 0.254. The Hall–Kier alpha value is -3.14. The monoisotopic (exact) mass is 458 g/mol. The summed E-state index contributed by atoms with van der Waals surface area (Å²) < 4.78 is 55.1. The first kappa shape index (κ1) is 22.5. The van der Waals surface area contributed by atoms with Gasteiger partial charge in [0.15, 0.2) is 11.5 Å². The minimum atomic E-state index is -4.66. The van der Waals surface area contributed by atoms with Crippen molar-refractivity contribution in [2.75, 3.05) is 39.2 Å². The predicted octanol–water partition coefficient (Wildman–Crippen LogP) is 3.85. The lowest BCUT2D eigenvalue weighted by atomic mass is 10.1. The largest absolute Gasteiger partial charge is 0.493 e. The molecule has 0 fully saturated rings. The zero-order valence-corrected chi connectivity index (χ0v) is 17.3. The van der Waals surface area contributed by atoms with E-state index >= 15 is 0 Å². The van der Waals surface area contributed by atoms with Gasteiger partial charge in [0, 0.05) is 18.3 Å². The molecule has 0 saturated carbocycles. The zero-order chi connectivity index (χ0) is 22.8. The number of nitrogens with one attached hydrogen (secondary N) is 1. The zero-order valence-electron chi connectivity index (χ0n) is 16.5. The Labute approximate surface area is 180 Å². The van der Waals surface area contributed by atoms with E-state index in [0.717, 1.165) is 17.0 Å². The van der Waals surface area contributed by atoms with Gasteiger partial charge in [0.1, 0.15) is 13.2 Å². The Bertz CT molecular complexity index is 996. The fraction of sp³-hybridized carbons (Fsp3) is 0.300. The highest BCUT2D eigenvalue weighted by atomic mass is 35.5. The van der Waals surface area contributed by atoms with Crippen LogP contribution in [0.2, 0.25) is 5.02 Å². The van der Waals surface area contributed by atoms with E-state index in [1.54, 1.807) is 0 Å². The first-order valence-corrected chi connectivity index (χ1v) is 9.37. The average Bonchev–Trinajstić information content (AvgIpc) is 2.72. The van der Waals surface area contributed by atoms with Gasteiger partial charge in [-0.25, -0.2) is 0 Å². The van der Waals surface area contributed by atoms with Crippen LogP contribution in [0.5, 0.6) is 17.2 Å². The van der Waals surface area contributed by atoms with Gasteiger partial charge in [-0.2, -0.15) is 13.2 Å². The lowest BCUT2D eigenvalue weighted by Gasteiger charge is -2.23. The van der Waals surface area contributed by atoms with Crippen molar-refractivity contribution in [1.29, 1.82) is 0 Å². The number of anilines is 1. The van der Waals surface area contributed by atoms with Crippen molar-refractivity contribution in [3.63, 3.8) is 0 Å². The normalized spacial score (nSPS) is 12.8. The molecule has 0 saturated heterocycles. The average molecular weight is 459 g/mol. The number of likely N-dealkylation sites (N-methyl/N-ethyl adjacent to an activating group) is 1. The van der Waals surface area contributed by atoms with Crippen LogP contribution in [0.4, 0.5) is 18.9 Å². The number of methoxy groups -OCH3 is 1. The molecule has 0 aliphatic carbocycles. The molecule has 11 heteroatoms. The number of benzene rings is 2. The third-order valence-corrected chi connectivity index (χ3v) is 4.69. The van der Waals surface area contributed by atoms with Crippen molar-refractivity contribution in [1.82, 2.24) is 4.90 Å². The molecule has 1 N–H and O–H groups in total. The highest BCUT2D eigenvalue weighted by Gasteiger charge is 2.33. The maximum atomic E-state index is 13.0. The second kappa shape index (κ2) is 8.93. The predicted molar refractivity (Wildman–Crippen MR) is 106 cm³/mol. The molecule has 7 nitrogen and oxygen atoms in total. The van der Waals surface area contributed by atoms with Crippen molar-refractivity contribution in [2.45, 2.75) is 6.18 Å². The maximum Gasteiger partial charge on any atom is 0.417 e. The van der Waals surface area contributed by atoms with Gasteiger partial charge >= 0.3 is 6.18 Å². The van der Waals surface area contributed by atoms with Crippen molar-refractivity contribution in [3.8, 4) is 17.2 Å². The molecule has 1 aliphatic heterocycles. The van der Waals surface area contributed by atoms with E-state index in [1.165, 1.54) is 32.4 Å². The summed E-state index contributed by atoms with van der Waals surface area (Å²) in [7, 11) is 2.80. The molecular weight excluding hydrogens is 441 g/mol. The Kier molecular flexibility index (Phi) is 6.49. The maximum absolute atomic E-state index is 13.0. The number of carbonyl (C=O) groups is 2. The fourth-order valence-corrected chi connectivity index (χ4v) is 3.15. The summed E-state index contributed by atoms with van der Waals surface area (Å²) in [4.78, 5) is 26.1. The number of hydrogen-bond acceptors (Lipinski definition) is 5. The van der Waals surface area contributed by atoms with Crippen LogP contribution in [0.15, 0.2) is 30.3 Å². The van der Waals surface area contributed by atoms with Gasteiger partial charge in [0.05, 0.1) is 24.2 Å². The number of alkyl halides is 3. The van der Waals surface area contributed by atoms with Gasteiger partial charge in [0.25, 0.3) is 5.91 Å². The molecule has 1 heterocycles. The molecule has 2 amide bonds. The summed E-state index contributed by atoms with van der Waals surface area (Å²) in [6.07, 6.45) is -4.66. The molecule has 2 aromatic rings. The molecular formula is C20H18ClF3N2O5. The van der Waals surface area contributed by atoms with E-state index in [0.29, 0.717) is 30.5 Å². The number of fused-ring (bicyclic) bond motifs is 1. The van der Waals surface area contributed by atoms with Gasteiger partial charge < -0.3 is 24.4 Å². The summed E-state index contributed by atoms with van der Waals surface area (Å²) in [5.41, 5.74) is -0.967. The first-order chi connectivity index (χ1) is 14.6. The van der Waals surface area contributed by atoms with Gasteiger partial charge in [0.2, 0.25) is 11.7 Å². The van der Waals surface area contributed by atoms with E-state index in [9.17, 15) is 22.8 Å². The molecule has 166 valence electrons. The minimum absolute atomic E-state index is 0.0939.